The minimum Gasteiger partial charge on any atom is -0.493 e. The van der Waals surface area contributed by atoms with E-state index in [2.05, 4.69) is 128 Å². The van der Waals surface area contributed by atoms with Gasteiger partial charge in [0.05, 0.1) is 37.7 Å². The summed E-state index contributed by atoms with van der Waals surface area (Å²) in [4.78, 5) is 0. The van der Waals surface area contributed by atoms with Gasteiger partial charge in [-0.25, -0.2) is 0 Å². The number of hydrogen-bond donors (Lipinski definition) is 1. The predicted molar refractivity (Wildman–Crippen MR) is 208 cm³/mol. The zero-order chi connectivity index (χ0) is 35.6. The Balaban J connectivity index is 1.02. The van der Waals surface area contributed by atoms with Crippen LogP contribution in [0.1, 0.15) is 56.4 Å². The largest absolute Gasteiger partial charge is 0.493 e. The molecule has 6 rings (SSSR count). The molecule has 0 saturated carbocycles. The first kappa shape index (κ1) is 37.6. The second-order valence-electron chi connectivity index (χ2n) is 13.6. The molecule has 0 amide bonds. The van der Waals surface area contributed by atoms with Crippen LogP contribution in [0.2, 0.25) is 0 Å². The highest BCUT2D eigenvalue weighted by molar-refractivity contribution is 9.11. The summed E-state index contributed by atoms with van der Waals surface area (Å²) < 4.78 is 37.4. The summed E-state index contributed by atoms with van der Waals surface area (Å²) in [5.74, 6) is 2.86. The number of benzene rings is 4. The lowest BCUT2D eigenvalue weighted by Crippen LogP contribution is -2.21. The molecule has 0 spiro atoms. The van der Waals surface area contributed by atoms with E-state index in [4.69, 9.17) is 28.4 Å². The molecule has 0 aliphatic carbocycles. The monoisotopic (exact) mass is 936 g/mol. The Kier molecular flexibility index (Phi) is 11.9. The maximum atomic E-state index is 10.8. The highest BCUT2D eigenvalue weighted by Gasteiger charge is 2.29. The quantitative estimate of drug-likeness (QED) is 0.0885. The van der Waals surface area contributed by atoms with E-state index >= 15 is 0 Å². The van der Waals surface area contributed by atoms with E-state index in [9.17, 15) is 5.11 Å². The van der Waals surface area contributed by atoms with Crippen LogP contribution in [0.4, 0.5) is 0 Å². The van der Waals surface area contributed by atoms with Crippen LogP contribution >= 0.6 is 63.7 Å². The fraction of sp³-hybridized carbons (Fsp3) is 0.385. The van der Waals surface area contributed by atoms with Crippen LogP contribution in [-0.4, -0.2) is 56.6 Å². The van der Waals surface area contributed by atoms with E-state index in [0.29, 0.717) is 19.0 Å². The van der Waals surface area contributed by atoms with Crippen molar-refractivity contribution < 1.29 is 33.5 Å². The number of halogens is 4. The summed E-state index contributed by atoms with van der Waals surface area (Å²) in [6, 6.07) is 24.6. The number of rotatable bonds is 16. The standard InChI is InChI=1S/C39H40Br4O7/c1-38(2,24-7-11-28(12-8-24)46-19-29-20-47-29)23-5-9-27(10-6-23)45-14-13-35(44)50-37-33(42)17-26(18-34(37)43)39(3,4)25-15-31(40)36(32(41)16-25)49-22-30-21-48-30/h5-12,15-18,29-30,35,44H,13-14,19-22H2,1-4H3. The normalized spacial score (nSPS) is 17.6. The van der Waals surface area contributed by atoms with Gasteiger partial charge in [0.25, 0.3) is 0 Å². The average molecular weight is 940 g/mol. The first-order chi connectivity index (χ1) is 23.8. The average Bonchev–Trinajstić information content (AvgIpc) is 4.02. The van der Waals surface area contributed by atoms with Gasteiger partial charge < -0.3 is 33.5 Å². The van der Waals surface area contributed by atoms with E-state index in [1.807, 2.05) is 36.4 Å². The lowest BCUT2D eigenvalue weighted by Gasteiger charge is -2.28. The van der Waals surface area contributed by atoms with Gasteiger partial charge in [0, 0.05) is 17.3 Å². The molecule has 0 radical (unpaired) electrons. The second kappa shape index (κ2) is 15.9. The molecule has 7 nitrogen and oxygen atoms in total. The molecule has 4 aromatic rings. The number of epoxide rings is 2. The van der Waals surface area contributed by atoms with Crippen molar-refractivity contribution in [3.63, 3.8) is 0 Å². The van der Waals surface area contributed by atoms with Gasteiger partial charge in [0.2, 0.25) is 6.29 Å². The molecule has 0 bridgehead atoms. The van der Waals surface area contributed by atoms with Crippen molar-refractivity contribution in [2.45, 2.75) is 63.4 Å². The van der Waals surface area contributed by atoms with Gasteiger partial charge in [-0.3, -0.25) is 0 Å². The van der Waals surface area contributed by atoms with Crippen LogP contribution in [0.25, 0.3) is 0 Å². The number of aliphatic hydroxyl groups excluding tert-OH is 1. The van der Waals surface area contributed by atoms with Crippen LogP contribution in [0.3, 0.4) is 0 Å². The van der Waals surface area contributed by atoms with Crippen molar-refractivity contribution in [2.24, 2.45) is 0 Å². The molecule has 2 heterocycles. The zero-order valence-corrected chi connectivity index (χ0v) is 34.7. The van der Waals surface area contributed by atoms with Gasteiger partial charge >= 0.3 is 0 Å². The summed E-state index contributed by atoms with van der Waals surface area (Å²) in [5.41, 5.74) is 3.93. The molecule has 2 saturated heterocycles. The number of aliphatic hydroxyl groups is 1. The van der Waals surface area contributed by atoms with Crippen molar-refractivity contribution in [1.29, 1.82) is 0 Å². The van der Waals surface area contributed by atoms with Gasteiger partial charge in [-0.05, 0) is 135 Å². The molecule has 266 valence electrons. The Morgan fingerprint density at radius 3 is 1.48 bits per heavy atom. The number of ether oxygens (including phenoxy) is 6. The molecule has 0 aromatic heterocycles. The first-order valence-corrected chi connectivity index (χ1v) is 19.6. The highest BCUT2D eigenvalue weighted by Crippen LogP contribution is 2.44. The topological polar surface area (TPSA) is 82.2 Å². The molecule has 4 aromatic carbocycles. The van der Waals surface area contributed by atoms with Crippen LogP contribution in [0.15, 0.2) is 90.7 Å². The zero-order valence-electron chi connectivity index (χ0n) is 28.3. The maximum Gasteiger partial charge on any atom is 0.200 e. The van der Waals surface area contributed by atoms with Crippen LogP contribution < -0.4 is 18.9 Å². The Bertz CT molecular complexity index is 1740. The lowest BCUT2D eigenvalue weighted by atomic mass is 9.78. The van der Waals surface area contributed by atoms with Gasteiger partial charge in [0.15, 0.2) is 5.75 Å². The molecule has 50 heavy (non-hydrogen) atoms. The molecule has 2 aliphatic rings. The summed E-state index contributed by atoms with van der Waals surface area (Å²) in [7, 11) is 0. The van der Waals surface area contributed by atoms with E-state index < -0.39 is 6.29 Å². The molecule has 2 aliphatic heterocycles. The SMILES string of the molecule is CC(C)(c1ccc(OCCC(O)Oc2c(Br)cc(C(C)(C)c3cc(Br)c(OCC4CO4)c(Br)c3)cc2Br)cc1)c1ccc(OCC2CO2)cc1. The van der Waals surface area contributed by atoms with E-state index in [1.54, 1.807) is 0 Å². The molecule has 2 fully saturated rings. The van der Waals surface area contributed by atoms with Gasteiger partial charge in [-0.15, -0.1) is 0 Å². The van der Waals surface area contributed by atoms with Crippen LogP contribution in [0.5, 0.6) is 23.0 Å². The highest BCUT2D eigenvalue weighted by atomic mass is 79.9. The molecule has 3 atom stereocenters. The van der Waals surface area contributed by atoms with Crippen molar-refractivity contribution in [2.75, 3.05) is 33.0 Å². The molecule has 1 N–H and O–H groups in total. The third-order valence-electron chi connectivity index (χ3n) is 9.13. The molecule has 3 unspecified atom stereocenters. The van der Waals surface area contributed by atoms with Crippen molar-refractivity contribution in [3.05, 3.63) is 113 Å². The van der Waals surface area contributed by atoms with E-state index in [0.717, 1.165) is 59.5 Å². The van der Waals surface area contributed by atoms with Crippen LogP contribution in [-0.2, 0) is 20.3 Å². The Morgan fingerprint density at radius 1 is 0.620 bits per heavy atom. The minimum atomic E-state index is -1.07. The van der Waals surface area contributed by atoms with Crippen molar-refractivity contribution >= 4 is 63.7 Å². The second-order valence-corrected chi connectivity index (χ2v) is 17.0. The summed E-state index contributed by atoms with van der Waals surface area (Å²) in [5, 5.41) is 10.8. The Hall–Kier alpha value is -2.12. The third kappa shape index (κ3) is 9.26. The predicted octanol–water partition coefficient (Wildman–Crippen LogP) is 10.1. The smallest absolute Gasteiger partial charge is 0.200 e. The Labute approximate surface area is 327 Å². The minimum absolute atomic E-state index is 0.172. The maximum absolute atomic E-state index is 10.8. The van der Waals surface area contributed by atoms with Crippen molar-refractivity contribution in [3.8, 4) is 23.0 Å². The van der Waals surface area contributed by atoms with Gasteiger partial charge in [-0.1, -0.05) is 52.0 Å². The van der Waals surface area contributed by atoms with Gasteiger partial charge in [0.1, 0.15) is 42.7 Å². The molecular weight excluding hydrogens is 900 g/mol. The van der Waals surface area contributed by atoms with E-state index in [1.165, 1.54) is 11.1 Å². The van der Waals surface area contributed by atoms with Crippen LogP contribution in [0, 0.1) is 0 Å². The number of hydrogen-bond acceptors (Lipinski definition) is 7. The third-order valence-corrected chi connectivity index (χ3v) is 11.5. The fourth-order valence-electron chi connectivity index (χ4n) is 5.53. The fourth-order valence-corrected chi connectivity index (χ4v) is 8.32. The molecule has 11 heteroatoms. The van der Waals surface area contributed by atoms with E-state index in [-0.39, 0.29) is 36.1 Å². The summed E-state index contributed by atoms with van der Waals surface area (Å²) >= 11 is 14.7. The van der Waals surface area contributed by atoms with Crippen molar-refractivity contribution in [1.82, 2.24) is 0 Å². The Morgan fingerprint density at radius 2 is 1.02 bits per heavy atom. The molecular formula is C39H40Br4O7. The first-order valence-electron chi connectivity index (χ1n) is 16.5. The summed E-state index contributed by atoms with van der Waals surface area (Å²) in [6.45, 7) is 11.7. The summed E-state index contributed by atoms with van der Waals surface area (Å²) in [6.07, 6.45) is -0.377. The lowest BCUT2D eigenvalue weighted by molar-refractivity contribution is -0.0317. The van der Waals surface area contributed by atoms with Gasteiger partial charge in [-0.2, -0.15) is 0 Å².